The third kappa shape index (κ3) is 4.38. The molecule has 1 atom stereocenters. The van der Waals surface area contributed by atoms with Crippen molar-refractivity contribution < 1.29 is 14.3 Å². The smallest absolute Gasteiger partial charge is 0.328 e. The van der Waals surface area contributed by atoms with Crippen LogP contribution in [0.5, 0.6) is 0 Å². The molecule has 2 aromatic rings. The predicted octanol–water partition coefficient (Wildman–Crippen LogP) is 2.83. The average molecular weight is 347 g/mol. The van der Waals surface area contributed by atoms with Crippen molar-refractivity contribution in [3.63, 3.8) is 0 Å². The van der Waals surface area contributed by atoms with E-state index in [1.54, 1.807) is 13.1 Å². The van der Waals surface area contributed by atoms with Crippen molar-refractivity contribution in [3.05, 3.63) is 35.0 Å². The molecule has 0 bridgehead atoms. The van der Waals surface area contributed by atoms with Gasteiger partial charge >= 0.3 is 5.97 Å². The highest BCUT2D eigenvalue weighted by atomic mass is 32.1. The number of ether oxygens (including phenoxy) is 1. The number of carbonyl (C=O) groups excluding carboxylic acids is 2. The zero-order chi connectivity index (χ0) is 17.7. The summed E-state index contributed by atoms with van der Waals surface area (Å²) in [6, 6.07) is 4.87. The molecule has 2 heterocycles. The van der Waals surface area contributed by atoms with Crippen LogP contribution in [0.4, 0.5) is 0 Å². The highest BCUT2D eigenvalue weighted by Gasteiger charge is 2.25. The SMILES string of the molecule is COC(=O)C(CC(C)C)NC(=O)c1sc(-c2ccccn2)nc1C. The molecule has 1 amide bonds. The van der Waals surface area contributed by atoms with Crippen molar-refractivity contribution in [2.24, 2.45) is 5.92 Å². The number of rotatable bonds is 6. The van der Waals surface area contributed by atoms with Gasteiger partial charge in [0.05, 0.1) is 18.5 Å². The maximum Gasteiger partial charge on any atom is 0.328 e. The predicted molar refractivity (Wildman–Crippen MR) is 92.8 cm³/mol. The molecule has 6 nitrogen and oxygen atoms in total. The zero-order valence-corrected chi connectivity index (χ0v) is 15.0. The lowest BCUT2D eigenvalue weighted by Gasteiger charge is -2.17. The second-order valence-electron chi connectivity index (χ2n) is 5.83. The third-order valence-corrected chi connectivity index (χ3v) is 4.56. The molecule has 0 aliphatic carbocycles. The van der Waals surface area contributed by atoms with Crippen LogP contribution in [-0.2, 0) is 9.53 Å². The Morgan fingerprint density at radius 2 is 2.08 bits per heavy atom. The van der Waals surface area contributed by atoms with E-state index in [0.717, 1.165) is 5.69 Å². The number of hydrogen-bond donors (Lipinski definition) is 1. The summed E-state index contributed by atoms with van der Waals surface area (Å²) in [6.45, 7) is 5.74. The molecule has 0 radical (unpaired) electrons. The number of aromatic nitrogens is 2. The van der Waals surface area contributed by atoms with Gasteiger partial charge in [0.15, 0.2) is 0 Å². The lowest BCUT2D eigenvalue weighted by molar-refractivity contribution is -0.143. The lowest BCUT2D eigenvalue weighted by atomic mass is 10.0. The summed E-state index contributed by atoms with van der Waals surface area (Å²) in [4.78, 5) is 33.6. The molecule has 24 heavy (non-hydrogen) atoms. The van der Waals surface area contributed by atoms with Crippen molar-refractivity contribution in [2.75, 3.05) is 7.11 Å². The molecule has 2 rings (SSSR count). The second kappa shape index (κ2) is 8.01. The monoisotopic (exact) mass is 347 g/mol. The molecule has 2 aromatic heterocycles. The van der Waals surface area contributed by atoms with Crippen LogP contribution in [0, 0.1) is 12.8 Å². The standard InChI is InChI=1S/C17H21N3O3S/c1-10(2)9-13(17(22)23-4)20-15(21)14-11(3)19-16(24-14)12-7-5-6-8-18-12/h5-8,10,13H,9H2,1-4H3,(H,20,21). The zero-order valence-electron chi connectivity index (χ0n) is 14.2. The highest BCUT2D eigenvalue weighted by Crippen LogP contribution is 2.26. The molecule has 0 fully saturated rings. The molecule has 0 saturated carbocycles. The van der Waals surface area contributed by atoms with Crippen LogP contribution in [0.3, 0.4) is 0 Å². The quantitative estimate of drug-likeness (QED) is 0.813. The first-order valence-corrected chi connectivity index (χ1v) is 8.51. The Morgan fingerprint density at radius 3 is 2.67 bits per heavy atom. The van der Waals surface area contributed by atoms with Crippen LogP contribution in [0.2, 0.25) is 0 Å². The highest BCUT2D eigenvalue weighted by molar-refractivity contribution is 7.17. The number of hydrogen-bond acceptors (Lipinski definition) is 6. The van der Waals surface area contributed by atoms with Crippen molar-refractivity contribution in [3.8, 4) is 10.7 Å². The van der Waals surface area contributed by atoms with E-state index in [0.29, 0.717) is 22.0 Å². The molecule has 0 saturated heterocycles. The number of carbonyl (C=O) groups is 2. The first-order chi connectivity index (χ1) is 11.4. The Hall–Kier alpha value is -2.28. The number of nitrogens with one attached hydrogen (secondary N) is 1. The van der Waals surface area contributed by atoms with Crippen LogP contribution in [0.25, 0.3) is 10.7 Å². The molecular weight excluding hydrogens is 326 g/mol. The third-order valence-electron chi connectivity index (χ3n) is 3.38. The normalized spacial score (nSPS) is 12.0. The minimum atomic E-state index is -0.665. The van der Waals surface area contributed by atoms with E-state index < -0.39 is 12.0 Å². The summed E-state index contributed by atoms with van der Waals surface area (Å²) < 4.78 is 4.78. The van der Waals surface area contributed by atoms with E-state index >= 15 is 0 Å². The molecule has 1 unspecified atom stereocenters. The van der Waals surface area contributed by atoms with Gasteiger partial charge in [0.2, 0.25) is 0 Å². The summed E-state index contributed by atoms with van der Waals surface area (Å²) in [5.74, 6) is -0.506. The first kappa shape index (κ1) is 18.1. The summed E-state index contributed by atoms with van der Waals surface area (Å²) >= 11 is 1.26. The molecule has 0 aliphatic rings. The van der Waals surface area contributed by atoms with Gasteiger partial charge in [0.1, 0.15) is 15.9 Å². The van der Waals surface area contributed by atoms with Gasteiger partial charge in [0, 0.05) is 6.20 Å². The van der Waals surface area contributed by atoms with E-state index in [2.05, 4.69) is 15.3 Å². The van der Waals surface area contributed by atoms with Crippen LogP contribution >= 0.6 is 11.3 Å². The van der Waals surface area contributed by atoms with E-state index in [4.69, 9.17) is 4.74 Å². The van der Waals surface area contributed by atoms with E-state index in [-0.39, 0.29) is 11.8 Å². The summed E-state index contributed by atoms with van der Waals surface area (Å²) in [5.41, 5.74) is 1.34. The van der Waals surface area contributed by atoms with Gasteiger partial charge in [-0.3, -0.25) is 9.78 Å². The van der Waals surface area contributed by atoms with E-state index in [1.807, 2.05) is 32.0 Å². The van der Waals surface area contributed by atoms with Crippen LogP contribution < -0.4 is 5.32 Å². The van der Waals surface area contributed by atoms with Crippen LogP contribution in [0.1, 0.15) is 35.6 Å². The topological polar surface area (TPSA) is 81.2 Å². The number of amides is 1. The minimum Gasteiger partial charge on any atom is -0.467 e. The van der Waals surface area contributed by atoms with Crippen molar-refractivity contribution in [2.45, 2.75) is 33.2 Å². The number of aryl methyl sites for hydroxylation is 1. The summed E-state index contributed by atoms with van der Waals surface area (Å²) in [5, 5.41) is 3.44. The minimum absolute atomic E-state index is 0.251. The summed E-state index contributed by atoms with van der Waals surface area (Å²) in [6.07, 6.45) is 2.20. The second-order valence-corrected chi connectivity index (χ2v) is 6.83. The maximum atomic E-state index is 12.6. The number of esters is 1. The van der Waals surface area contributed by atoms with Crippen molar-refractivity contribution >= 4 is 23.2 Å². The number of thiazole rings is 1. The fraction of sp³-hybridized carbons (Fsp3) is 0.412. The van der Waals surface area contributed by atoms with E-state index in [1.165, 1.54) is 18.4 Å². The molecule has 0 aliphatic heterocycles. The molecule has 128 valence electrons. The fourth-order valence-corrected chi connectivity index (χ4v) is 3.20. The van der Waals surface area contributed by atoms with Gasteiger partial charge in [-0.25, -0.2) is 9.78 Å². The van der Waals surface area contributed by atoms with Gasteiger partial charge in [-0.05, 0) is 31.4 Å². The number of nitrogens with zero attached hydrogens (tertiary/aromatic N) is 2. The number of pyridine rings is 1. The van der Waals surface area contributed by atoms with Gasteiger partial charge in [0.25, 0.3) is 5.91 Å². The van der Waals surface area contributed by atoms with Crippen molar-refractivity contribution in [1.29, 1.82) is 0 Å². The Balaban J connectivity index is 2.20. The Kier molecular flexibility index (Phi) is 6.03. The summed E-state index contributed by atoms with van der Waals surface area (Å²) in [7, 11) is 1.32. The molecule has 7 heteroatoms. The molecular formula is C17H21N3O3S. The van der Waals surface area contributed by atoms with Gasteiger partial charge in [-0.2, -0.15) is 0 Å². The Labute approximate surface area is 145 Å². The Bertz CT molecular complexity index is 713. The van der Waals surface area contributed by atoms with Gasteiger partial charge < -0.3 is 10.1 Å². The number of methoxy groups -OCH3 is 1. The lowest BCUT2D eigenvalue weighted by Crippen LogP contribution is -2.42. The van der Waals surface area contributed by atoms with Crippen LogP contribution in [-0.4, -0.2) is 35.0 Å². The first-order valence-electron chi connectivity index (χ1n) is 7.70. The Morgan fingerprint density at radius 1 is 1.33 bits per heavy atom. The van der Waals surface area contributed by atoms with Crippen LogP contribution in [0.15, 0.2) is 24.4 Å². The molecule has 1 N–H and O–H groups in total. The largest absolute Gasteiger partial charge is 0.467 e. The van der Waals surface area contributed by atoms with Gasteiger partial charge in [-0.15, -0.1) is 11.3 Å². The van der Waals surface area contributed by atoms with Gasteiger partial charge in [-0.1, -0.05) is 19.9 Å². The maximum absolute atomic E-state index is 12.6. The average Bonchev–Trinajstić information content (AvgIpc) is 2.96. The van der Waals surface area contributed by atoms with E-state index in [9.17, 15) is 9.59 Å². The molecule has 0 spiro atoms. The fourth-order valence-electron chi connectivity index (χ4n) is 2.26. The molecule has 0 aromatic carbocycles. The van der Waals surface area contributed by atoms with Crippen molar-refractivity contribution in [1.82, 2.24) is 15.3 Å².